The van der Waals surface area contributed by atoms with Crippen LogP contribution >= 0.6 is 11.3 Å². The van der Waals surface area contributed by atoms with E-state index in [-0.39, 0.29) is 0 Å². The third kappa shape index (κ3) is 1.38. The van der Waals surface area contributed by atoms with Gasteiger partial charge in [0.05, 0.1) is 12.5 Å². The van der Waals surface area contributed by atoms with Crippen LogP contribution in [0.1, 0.15) is 24.8 Å². The van der Waals surface area contributed by atoms with Crippen molar-refractivity contribution in [1.29, 1.82) is 0 Å². The highest BCUT2D eigenvalue weighted by Crippen LogP contribution is 2.49. The van der Waals surface area contributed by atoms with E-state index in [4.69, 9.17) is 4.74 Å². The van der Waals surface area contributed by atoms with E-state index in [0.717, 1.165) is 27.8 Å². The number of aliphatic carboxylic acids is 1. The second-order valence-electron chi connectivity index (χ2n) is 4.72. The van der Waals surface area contributed by atoms with E-state index in [1.165, 1.54) is 0 Å². The maximum Gasteiger partial charge on any atom is 0.314 e. The lowest BCUT2D eigenvalue weighted by Crippen LogP contribution is -2.42. The van der Waals surface area contributed by atoms with Crippen LogP contribution in [0, 0.1) is 0 Å². The van der Waals surface area contributed by atoms with Gasteiger partial charge >= 0.3 is 5.97 Å². The van der Waals surface area contributed by atoms with E-state index in [0.29, 0.717) is 12.8 Å². The lowest BCUT2D eigenvalue weighted by atomic mass is 9.64. The quantitative estimate of drug-likeness (QED) is 0.922. The first-order chi connectivity index (χ1) is 8.69. The summed E-state index contributed by atoms with van der Waals surface area (Å²) in [6.07, 6.45) is 2.37. The Morgan fingerprint density at radius 1 is 1.39 bits per heavy atom. The van der Waals surface area contributed by atoms with Crippen molar-refractivity contribution < 1.29 is 14.6 Å². The number of benzene rings is 1. The molecule has 4 heteroatoms. The van der Waals surface area contributed by atoms with E-state index in [1.807, 2.05) is 23.6 Å². The molecule has 18 heavy (non-hydrogen) atoms. The fourth-order valence-electron chi connectivity index (χ4n) is 2.74. The molecule has 2 aromatic rings. The third-order valence-electron chi connectivity index (χ3n) is 3.92. The number of methoxy groups -OCH3 is 1. The summed E-state index contributed by atoms with van der Waals surface area (Å²) in [4.78, 5) is 11.6. The molecule has 0 unspecified atom stereocenters. The first-order valence-corrected chi connectivity index (χ1v) is 6.85. The Morgan fingerprint density at radius 2 is 2.17 bits per heavy atom. The Morgan fingerprint density at radius 3 is 2.72 bits per heavy atom. The highest BCUT2D eigenvalue weighted by molar-refractivity contribution is 7.17. The van der Waals surface area contributed by atoms with Gasteiger partial charge in [-0.2, -0.15) is 0 Å². The van der Waals surface area contributed by atoms with E-state index in [2.05, 4.69) is 0 Å². The van der Waals surface area contributed by atoms with Gasteiger partial charge in [-0.15, -0.1) is 11.3 Å². The summed E-state index contributed by atoms with van der Waals surface area (Å²) in [6.45, 7) is 0. The van der Waals surface area contributed by atoms with Crippen molar-refractivity contribution in [3.05, 3.63) is 29.1 Å². The highest BCUT2D eigenvalue weighted by atomic mass is 32.1. The number of fused-ring (bicyclic) bond motifs is 1. The maximum atomic E-state index is 11.6. The molecule has 1 saturated carbocycles. The van der Waals surface area contributed by atoms with E-state index in [9.17, 15) is 9.90 Å². The molecule has 1 aliphatic carbocycles. The molecule has 3 rings (SSSR count). The monoisotopic (exact) mass is 262 g/mol. The second kappa shape index (κ2) is 3.99. The van der Waals surface area contributed by atoms with Crippen LogP contribution in [-0.4, -0.2) is 18.2 Å². The van der Waals surface area contributed by atoms with Crippen LogP contribution in [0.2, 0.25) is 0 Å². The topological polar surface area (TPSA) is 46.5 Å². The lowest BCUT2D eigenvalue weighted by molar-refractivity contribution is -0.147. The number of rotatable bonds is 3. The minimum Gasteiger partial charge on any atom is -0.496 e. The Kier molecular flexibility index (Phi) is 2.55. The number of carboxylic acid groups (broad SMARTS) is 1. The highest BCUT2D eigenvalue weighted by Gasteiger charge is 2.47. The van der Waals surface area contributed by atoms with Gasteiger partial charge in [-0.25, -0.2) is 0 Å². The standard InChI is InChI=1S/C14H14O3S/c1-17-12-9-5-8-18-11(9)4-3-10(12)14(13(15)16)6-2-7-14/h3-5,8H,2,6-7H2,1H3,(H,15,16). The molecular weight excluding hydrogens is 248 g/mol. The predicted octanol–water partition coefficient (Wildman–Crippen LogP) is 3.42. The molecule has 0 aliphatic heterocycles. The summed E-state index contributed by atoms with van der Waals surface area (Å²) in [5, 5.41) is 12.6. The third-order valence-corrected chi connectivity index (χ3v) is 4.80. The zero-order chi connectivity index (χ0) is 12.8. The summed E-state index contributed by atoms with van der Waals surface area (Å²) in [5.74, 6) is -0.00233. The Labute approximate surface area is 109 Å². The van der Waals surface area contributed by atoms with Crippen molar-refractivity contribution in [2.75, 3.05) is 7.11 Å². The molecule has 1 heterocycles. The molecule has 0 spiro atoms. The SMILES string of the molecule is COc1c(C2(C(=O)O)CCC2)ccc2sccc12. The van der Waals surface area contributed by atoms with Crippen molar-refractivity contribution in [1.82, 2.24) is 0 Å². The molecule has 0 amide bonds. The molecule has 1 N–H and O–H groups in total. The number of thiophene rings is 1. The van der Waals surface area contributed by atoms with Crippen LogP contribution in [0.15, 0.2) is 23.6 Å². The average Bonchev–Trinajstić information content (AvgIpc) is 2.74. The van der Waals surface area contributed by atoms with Crippen LogP contribution in [0.4, 0.5) is 0 Å². The number of carboxylic acids is 1. The minimum absolute atomic E-state index is 0.703. The predicted molar refractivity (Wildman–Crippen MR) is 71.5 cm³/mol. The smallest absolute Gasteiger partial charge is 0.314 e. The van der Waals surface area contributed by atoms with E-state index >= 15 is 0 Å². The molecule has 1 aliphatic rings. The molecule has 0 saturated heterocycles. The molecule has 94 valence electrons. The lowest BCUT2D eigenvalue weighted by Gasteiger charge is -2.38. The Bertz CT molecular complexity index is 611. The number of carbonyl (C=O) groups is 1. The summed E-state index contributed by atoms with van der Waals surface area (Å²) >= 11 is 1.64. The van der Waals surface area contributed by atoms with Gasteiger partial charge in [0, 0.05) is 15.6 Å². The normalized spacial score (nSPS) is 17.4. The van der Waals surface area contributed by atoms with Crippen molar-refractivity contribution >= 4 is 27.4 Å². The zero-order valence-electron chi connectivity index (χ0n) is 10.1. The zero-order valence-corrected chi connectivity index (χ0v) is 10.9. The summed E-state index contributed by atoms with van der Waals surface area (Å²) in [5.41, 5.74) is 0.0937. The molecular formula is C14H14O3S. The van der Waals surface area contributed by atoms with Gasteiger partial charge in [0.15, 0.2) is 0 Å². The van der Waals surface area contributed by atoms with E-state index in [1.54, 1.807) is 18.4 Å². The number of hydrogen-bond donors (Lipinski definition) is 1. The van der Waals surface area contributed by atoms with Crippen molar-refractivity contribution in [3.63, 3.8) is 0 Å². The molecule has 3 nitrogen and oxygen atoms in total. The van der Waals surface area contributed by atoms with Gasteiger partial charge in [-0.3, -0.25) is 4.79 Å². The molecule has 1 fully saturated rings. The van der Waals surface area contributed by atoms with Gasteiger partial charge in [0.2, 0.25) is 0 Å². The van der Waals surface area contributed by atoms with Crippen molar-refractivity contribution in [2.45, 2.75) is 24.7 Å². The van der Waals surface area contributed by atoms with Crippen molar-refractivity contribution in [3.8, 4) is 5.75 Å². The fourth-order valence-corrected chi connectivity index (χ4v) is 3.53. The molecule has 0 radical (unpaired) electrons. The molecule has 1 aromatic heterocycles. The fraction of sp³-hybridized carbons (Fsp3) is 0.357. The van der Waals surface area contributed by atoms with Gasteiger partial charge < -0.3 is 9.84 Å². The summed E-state index contributed by atoms with van der Waals surface area (Å²) < 4.78 is 6.63. The van der Waals surface area contributed by atoms with Gasteiger partial charge in [0.25, 0.3) is 0 Å². The Hall–Kier alpha value is -1.55. The Balaban J connectivity index is 2.25. The van der Waals surface area contributed by atoms with Crippen LogP contribution < -0.4 is 4.74 Å². The van der Waals surface area contributed by atoms with E-state index < -0.39 is 11.4 Å². The first-order valence-electron chi connectivity index (χ1n) is 5.97. The largest absolute Gasteiger partial charge is 0.496 e. The summed E-state index contributed by atoms with van der Waals surface area (Å²) in [6, 6.07) is 5.92. The maximum absolute atomic E-state index is 11.6. The second-order valence-corrected chi connectivity index (χ2v) is 5.67. The first kappa shape index (κ1) is 11.5. The number of hydrogen-bond acceptors (Lipinski definition) is 3. The summed E-state index contributed by atoms with van der Waals surface area (Å²) in [7, 11) is 1.62. The van der Waals surface area contributed by atoms with Gasteiger partial charge in [0.1, 0.15) is 5.75 Å². The molecule has 0 atom stereocenters. The van der Waals surface area contributed by atoms with Crippen LogP contribution in [0.5, 0.6) is 5.75 Å². The minimum atomic E-state index is -0.735. The number of ether oxygens (including phenoxy) is 1. The van der Waals surface area contributed by atoms with Gasteiger partial charge in [-0.1, -0.05) is 12.5 Å². The average molecular weight is 262 g/mol. The molecule has 0 bridgehead atoms. The van der Waals surface area contributed by atoms with Crippen LogP contribution in [0.3, 0.4) is 0 Å². The van der Waals surface area contributed by atoms with Crippen LogP contribution in [0.25, 0.3) is 10.1 Å². The molecule has 1 aromatic carbocycles. The van der Waals surface area contributed by atoms with Gasteiger partial charge in [-0.05, 0) is 30.4 Å². The van der Waals surface area contributed by atoms with Crippen molar-refractivity contribution in [2.24, 2.45) is 0 Å². The van der Waals surface area contributed by atoms with Crippen LogP contribution in [-0.2, 0) is 10.2 Å².